The second-order valence-electron chi connectivity index (χ2n) is 6.36. The first-order valence-electron chi connectivity index (χ1n) is 8.08. The van der Waals surface area contributed by atoms with Gasteiger partial charge in [-0.3, -0.25) is 0 Å². The molecule has 1 aromatic carbocycles. The van der Waals surface area contributed by atoms with Crippen molar-refractivity contribution in [3.63, 3.8) is 0 Å². The van der Waals surface area contributed by atoms with Gasteiger partial charge in [0.1, 0.15) is 11.5 Å². The SMILES string of the molecule is COc1ccc(S(=O)(=O)[C@H]2CS(=O)(=O)C[C@@H]2NCc2ccco2)cc1C. The highest BCUT2D eigenvalue weighted by atomic mass is 32.2. The maximum atomic E-state index is 13.1. The summed E-state index contributed by atoms with van der Waals surface area (Å²) in [7, 11) is -5.76. The van der Waals surface area contributed by atoms with Crippen LogP contribution < -0.4 is 10.1 Å². The van der Waals surface area contributed by atoms with Crippen LogP contribution >= 0.6 is 0 Å². The van der Waals surface area contributed by atoms with Gasteiger partial charge in [-0.05, 0) is 42.8 Å². The highest BCUT2D eigenvalue weighted by Crippen LogP contribution is 2.29. The molecule has 1 aromatic heterocycles. The average Bonchev–Trinajstić information content (AvgIpc) is 3.20. The van der Waals surface area contributed by atoms with E-state index in [2.05, 4.69) is 5.32 Å². The van der Waals surface area contributed by atoms with Crippen molar-refractivity contribution < 1.29 is 26.0 Å². The average molecular weight is 399 g/mol. The summed E-state index contributed by atoms with van der Waals surface area (Å²) in [5.74, 6) is 0.587. The van der Waals surface area contributed by atoms with E-state index < -0.39 is 36.7 Å². The van der Waals surface area contributed by atoms with E-state index in [4.69, 9.17) is 9.15 Å². The maximum Gasteiger partial charge on any atom is 0.183 e. The number of hydrogen-bond acceptors (Lipinski definition) is 7. The predicted octanol–water partition coefficient (Wildman–Crippen LogP) is 1.33. The molecule has 0 unspecified atom stereocenters. The topological polar surface area (TPSA) is 103 Å². The number of hydrogen-bond donors (Lipinski definition) is 1. The molecule has 7 nitrogen and oxygen atoms in total. The van der Waals surface area contributed by atoms with E-state index >= 15 is 0 Å². The second kappa shape index (κ2) is 7.05. The summed E-state index contributed by atoms with van der Waals surface area (Å²) in [6.45, 7) is 2.01. The summed E-state index contributed by atoms with van der Waals surface area (Å²) in [4.78, 5) is 0.0997. The minimum atomic E-state index is -3.83. The summed E-state index contributed by atoms with van der Waals surface area (Å²) < 4.78 is 60.8. The third-order valence-electron chi connectivity index (χ3n) is 4.51. The molecule has 0 bridgehead atoms. The number of furan rings is 1. The van der Waals surface area contributed by atoms with E-state index in [0.29, 0.717) is 17.1 Å². The Bertz CT molecular complexity index is 980. The third-order valence-corrected chi connectivity index (χ3v) is 8.66. The summed E-state index contributed by atoms with van der Waals surface area (Å²) in [6.07, 6.45) is 1.51. The molecule has 2 heterocycles. The Labute approximate surface area is 153 Å². The largest absolute Gasteiger partial charge is 0.496 e. The van der Waals surface area contributed by atoms with Crippen LogP contribution in [0.5, 0.6) is 5.75 Å². The van der Waals surface area contributed by atoms with Crippen LogP contribution in [0.1, 0.15) is 11.3 Å². The van der Waals surface area contributed by atoms with Gasteiger partial charge in [0.2, 0.25) is 0 Å². The van der Waals surface area contributed by atoms with Gasteiger partial charge in [-0.2, -0.15) is 0 Å². The molecule has 142 valence electrons. The lowest BCUT2D eigenvalue weighted by atomic mass is 10.2. The van der Waals surface area contributed by atoms with Crippen molar-refractivity contribution in [2.45, 2.75) is 29.7 Å². The smallest absolute Gasteiger partial charge is 0.183 e. The zero-order chi connectivity index (χ0) is 18.9. The van der Waals surface area contributed by atoms with E-state index in [1.807, 2.05) is 0 Å². The Morgan fingerprint density at radius 1 is 1.27 bits per heavy atom. The van der Waals surface area contributed by atoms with Crippen LogP contribution in [0.25, 0.3) is 0 Å². The van der Waals surface area contributed by atoms with Crippen LogP contribution in [0.3, 0.4) is 0 Å². The van der Waals surface area contributed by atoms with Gasteiger partial charge in [0, 0.05) is 6.04 Å². The lowest BCUT2D eigenvalue weighted by Crippen LogP contribution is -2.42. The highest BCUT2D eigenvalue weighted by molar-refractivity contribution is 7.96. The Balaban J connectivity index is 1.89. The van der Waals surface area contributed by atoms with E-state index in [-0.39, 0.29) is 17.2 Å². The van der Waals surface area contributed by atoms with Gasteiger partial charge in [0.05, 0.1) is 41.6 Å². The highest BCUT2D eigenvalue weighted by Gasteiger charge is 2.45. The van der Waals surface area contributed by atoms with Crippen molar-refractivity contribution in [3.8, 4) is 5.75 Å². The minimum absolute atomic E-state index is 0.0997. The minimum Gasteiger partial charge on any atom is -0.496 e. The predicted molar refractivity (Wildman–Crippen MR) is 96.7 cm³/mol. The van der Waals surface area contributed by atoms with Crippen LogP contribution in [-0.4, -0.2) is 46.7 Å². The molecule has 0 spiro atoms. The Morgan fingerprint density at radius 2 is 2.04 bits per heavy atom. The summed E-state index contributed by atoms with van der Waals surface area (Å²) in [5.41, 5.74) is 0.675. The lowest BCUT2D eigenvalue weighted by molar-refractivity contribution is 0.411. The van der Waals surface area contributed by atoms with Gasteiger partial charge < -0.3 is 14.5 Å². The van der Waals surface area contributed by atoms with Crippen LogP contribution in [0.2, 0.25) is 0 Å². The molecule has 0 amide bonds. The number of benzene rings is 1. The van der Waals surface area contributed by atoms with E-state index in [1.54, 1.807) is 25.1 Å². The summed E-state index contributed by atoms with van der Waals surface area (Å²) in [6, 6.07) is 7.32. The molecule has 0 radical (unpaired) electrons. The number of rotatable bonds is 6. The van der Waals surface area contributed by atoms with Crippen molar-refractivity contribution in [2.75, 3.05) is 18.6 Å². The summed E-state index contributed by atoms with van der Waals surface area (Å²) in [5, 5.41) is 1.98. The molecule has 2 atom stereocenters. The molecule has 1 fully saturated rings. The Morgan fingerprint density at radius 3 is 2.65 bits per heavy atom. The van der Waals surface area contributed by atoms with Gasteiger partial charge in [-0.15, -0.1) is 0 Å². The van der Waals surface area contributed by atoms with Crippen LogP contribution in [0, 0.1) is 6.92 Å². The molecule has 1 aliphatic rings. The first-order valence-corrected chi connectivity index (χ1v) is 11.4. The Kier molecular flexibility index (Phi) is 5.14. The normalized spacial score (nSPS) is 22.4. The van der Waals surface area contributed by atoms with Crippen molar-refractivity contribution in [3.05, 3.63) is 47.9 Å². The zero-order valence-electron chi connectivity index (χ0n) is 14.5. The van der Waals surface area contributed by atoms with Crippen molar-refractivity contribution in [2.24, 2.45) is 0 Å². The van der Waals surface area contributed by atoms with Gasteiger partial charge >= 0.3 is 0 Å². The third kappa shape index (κ3) is 3.79. The Hall–Kier alpha value is -1.84. The zero-order valence-corrected chi connectivity index (χ0v) is 16.1. The molecular formula is C17H21NO6S2. The standard InChI is InChI=1S/C17H21NO6S2/c1-12-8-14(5-6-16(12)23-2)26(21,22)17-11-25(19,20)10-15(17)18-9-13-4-3-7-24-13/h3-8,15,17-18H,9-11H2,1-2H3/t15-,17-/m0/s1. The molecule has 0 saturated carbocycles. The molecule has 0 aliphatic carbocycles. The van der Waals surface area contributed by atoms with Crippen LogP contribution in [0.15, 0.2) is 45.9 Å². The van der Waals surface area contributed by atoms with Crippen molar-refractivity contribution in [1.82, 2.24) is 5.32 Å². The molecule has 1 N–H and O–H groups in total. The quantitative estimate of drug-likeness (QED) is 0.781. The maximum absolute atomic E-state index is 13.1. The molecule has 3 rings (SSSR count). The van der Waals surface area contributed by atoms with Gasteiger partial charge in [-0.25, -0.2) is 16.8 Å². The first kappa shape index (κ1) is 18.9. The molecule has 1 aliphatic heterocycles. The first-order chi connectivity index (χ1) is 12.2. The molecular weight excluding hydrogens is 378 g/mol. The number of aryl methyl sites for hydroxylation is 1. The van der Waals surface area contributed by atoms with Crippen LogP contribution in [-0.2, 0) is 26.2 Å². The molecule has 2 aromatic rings. The van der Waals surface area contributed by atoms with E-state index in [9.17, 15) is 16.8 Å². The van der Waals surface area contributed by atoms with Gasteiger partial charge in [-0.1, -0.05) is 0 Å². The number of nitrogens with one attached hydrogen (secondary N) is 1. The van der Waals surface area contributed by atoms with Crippen molar-refractivity contribution in [1.29, 1.82) is 0 Å². The molecule has 26 heavy (non-hydrogen) atoms. The fourth-order valence-electron chi connectivity index (χ4n) is 3.16. The van der Waals surface area contributed by atoms with E-state index in [0.717, 1.165) is 0 Å². The van der Waals surface area contributed by atoms with Gasteiger partial charge in [0.15, 0.2) is 19.7 Å². The van der Waals surface area contributed by atoms with Crippen molar-refractivity contribution >= 4 is 19.7 Å². The summed E-state index contributed by atoms with van der Waals surface area (Å²) >= 11 is 0. The lowest BCUT2D eigenvalue weighted by Gasteiger charge is -2.20. The fourth-order valence-corrected chi connectivity index (χ4v) is 7.96. The second-order valence-corrected chi connectivity index (χ2v) is 10.7. The monoisotopic (exact) mass is 399 g/mol. The number of sulfone groups is 2. The number of ether oxygens (including phenoxy) is 1. The van der Waals surface area contributed by atoms with E-state index in [1.165, 1.54) is 25.5 Å². The number of methoxy groups -OCH3 is 1. The molecule has 1 saturated heterocycles. The van der Waals surface area contributed by atoms with Crippen LogP contribution in [0.4, 0.5) is 0 Å². The van der Waals surface area contributed by atoms with Gasteiger partial charge in [0.25, 0.3) is 0 Å². The molecule has 9 heteroatoms. The fraction of sp³-hybridized carbons (Fsp3) is 0.412.